The largest absolute Gasteiger partial charge is 0.335 e. The molecule has 2 unspecified atom stereocenters. The summed E-state index contributed by atoms with van der Waals surface area (Å²) < 4.78 is 0. The molecule has 1 aromatic carbocycles. The number of carbonyl (C=O) groups excluding carboxylic acids is 1. The van der Waals surface area contributed by atoms with E-state index in [0.717, 1.165) is 11.3 Å². The Balaban J connectivity index is 1.84. The molecule has 2 rings (SSSR count). The molecule has 19 heavy (non-hydrogen) atoms. The van der Waals surface area contributed by atoms with Crippen molar-refractivity contribution in [2.45, 2.75) is 45.2 Å². The van der Waals surface area contributed by atoms with E-state index >= 15 is 0 Å². The van der Waals surface area contributed by atoms with Crippen LogP contribution in [0.5, 0.6) is 0 Å². The van der Waals surface area contributed by atoms with Crippen molar-refractivity contribution in [2.24, 2.45) is 11.7 Å². The molecule has 1 saturated carbocycles. The van der Waals surface area contributed by atoms with E-state index in [9.17, 15) is 4.79 Å². The van der Waals surface area contributed by atoms with E-state index in [-0.39, 0.29) is 18.1 Å². The van der Waals surface area contributed by atoms with Gasteiger partial charge in [0, 0.05) is 17.8 Å². The van der Waals surface area contributed by atoms with Crippen molar-refractivity contribution in [2.75, 3.05) is 5.32 Å². The fraction of sp³-hybridized carbons (Fsp3) is 0.533. The second-order valence-corrected chi connectivity index (χ2v) is 5.49. The maximum absolute atomic E-state index is 11.8. The summed E-state index contributed by atoms with van der Waals surface area (Å²) in [7, 11) is 0. The van der Waals surface area contributed by atoms with Gasteiger partial charge in [0.2, 0.25) is 0 Å². The minimum atomic E-state index is -0.132. The molecule has 2 atom stereocenters. The normalized spacial score (nSPS) is 18.3. The van der Waals surface area contributed by atoms with E-state index in [0.29, 0.717) is 5.92 Å². The topological polar surface area (TPSA) is 67.1 Å². The van der Waals surface area contributed by atoms with E-state index in [1.807, 2.05) is 31.2 Å². The number of carbonyl (C=O) groups is 1. The van der Waals surface area contributed by atoms with Gasteiger partial charge in [-0.2, -0.15) is 0 Å². The van der Waals surface area contributed by atoms with Crippen molar-refractivity contribution in [3.8, 4) is 0 Å². The molecule has 1 fully saturated rings. The first-order valence-electron chi connectivity index (χ1n) is 6.99. The van der Waals surface area contributed by atoms with Crippen LogP contribution in [0.4, 0.5) is 10.5 Å². The molecule has 4 nitrogen and oxygen atoms in total. The van der Waals surface area contributed by atoms with Gasteiger partial charge >= 0.3 is 6.03 Å². The van der Waals surface area contributed by atoms with E-state index in [1.165, 1.54) is 19.3 Å². The van der Waals surface area contributed by atoms with E-state index in [1.54, 1.807) is 0 Å². The van der Waals surface area contributed by atoms with Gasteiger partial charge in [0.25, 0.3) is 0 Å². The zero-order valence-corrected chi connectivity index (χ0v) is 11.6. The highest BCUT2D eigenvalue weighted by Crippen LogP contribution is 2.29. The van der Waals surface area contributed by atoms with E-state index < -0.39 is 0 Å². The third kappa shape index (κ3) is 3.70. The van der Waals surface area contributed by atoms with Crippen LogP contribution in [0.15, 0.2) is 24.3 Å². The van der Waals surface area contributed by atoms with Gasteiger partial charge in [-0.1, -0.05) is 18.6 Å². The lowest BCUT2D eigenvalue weighted by atomic mass is 9.80. The SMILES string of the molecule is CC(N)c1ccc(NC(=O)NC(C)C2CCC2)cc1. The maximum atomic E-state index is 11.8. The Hall–Kier alpha value is -1.55. The molecule has 104 valence electrons. The molecule has 1 aromatic rings. The zero-order chi connectivity index (χ0) is 13.8. The van der Waals surface area contributed by atoms with Crippen LogP contribution in [0, 0.1) is 5.92 Å². The van der Waals surface area contributed by atoms with Crippen LogP contribution in [0.3, 0.4) is 0 Å². The molecule has 0 heterocycles. The van der Waals surface area contributed by atoms with E-state index in [2.05, 4.69) is 17.6 Å². The second-order valence-electron chi connectivity index (χ2n) is 5.49. The Morgan fingerprint density at radius 2 is 1.89 bits per heavy atom. The Kier molecular flexibility index (Phi) is 4.43. The number of urea groups is 1. The van der Waals surface area contributed by atoms with Gasteiger partial charge in [-0.25, -0.2) is 4.79 Å². The van der Waals surface area contributed by atoms with Gasteiger partial charge in [0.15, 0.2) is 0 Å². The molecule has 1 aliphatic carbocycles. The molecule has 0 spiro atoms. The quantitative estimate of drug-likeness (QED) is 0.780. The first-order valence-corrected chi connectivity index (χ1v) is 6.99. The van der Waals surface area contributed by atoms with Gasteiger partial charge in [-0.3, -0.25) is 0 Å². The number of nitrogens with two attached hydrogens (primary N) is 1. The molecular weight excluding hydrogens is 238 g/mol. The molecule has 0 aromatic heterocycles. The molecule has 0 radical (unpaired) electrons. The lowest BCUT2D eigenvalue weighted by Crippen LogP contribution is -2.42. The summed E-state index contributed by atoms with van der Waals surface area (Å²) in [5.74, 6) is 0.645. The summed E-state index contributed by atoms with van der Waals surface area (Å²) in [5.41, 5.74) is 7.64. The second kappa shape index (κ2) is 6.06. The van der Waals surface area contributed by atoms with Crippen molar-refractivity contribution in [3.05, 3.63) is 29.8 Å². The number of nitrogens with one attached hydrogen (secondary N) is 2. The summed E-state index contributed by atoms with van der Waals surface area (Å²) in [6.45, 7) is 4.01. The third-order valence-corrected chi connectivity index (χ3v) is 3.91. The van der Waals surface area contributed by atoms with Crippen molar-refractivity contribution in [3.63, 3.8) is 0 Å². The van der Waals surface area contributed by atoms with Gasteiger partial charge in [0.05, 0.1) is 0 Å². The molecule has 2 amide bonds. The van der Waals surface area contributed by atoms with Crippen LogP contribution in [0.25, 0.3) is 0 Å². The minimum absolute atomic E-state index is 0.0153. The molecule has 0 bridgehead atoms. The molecule has 0 saturated heterocycles. The van der Waals surface area contributed by atoms with Crippen LogP contribution in [0.2, 0.25) is 0 Å². The lowest BCUT2D eigenvalue weighted by molar-refractivity contribution is 0.222. The molecule has 0 aliphatic heterocycles. The molecule has 4 N–H and O–H groups in total. The number of benzene rings is 1. The average molecular weight is 261 g/mol. The van der Waals surface area contributed by atoms with Gasteiger partial charge < -0.3 is 16.4 Å². The molecule has 1 aliphatic rings. The smallest absolute Gasteiger partial charge is 0.319 e. The van der Waals surface area contributed by atoms with Crippen molar-refractivity contribution in [1.82, 2.24) is 5.32 Å². The van der Waals surface area contributed by atoms with Gasteiger partial charge in [-0.15, -0.1) is 0 Å². The fourth-order valence-corrected chi connectivity index (χ4v) is 2.30. The highest BCUT2D eigenvalue weighted by atomic mass is 16.2. The Bertz CT molecular complexity index is 424. The Labute approximate surface area is 114 Å². The highest BCUT2D eigenvalue weighted by molar-refractivity contribution is 5.89. The van der Waals surface area contributed by atoms with Crippen LogP contribution in [-0.2, 0) is 0 Å². The first-order chi connectivity index (χ1) is 9.06. The van der Waals surface area contributed by atoms with E-state index in [4.69, 9.17) is 5.73 Å². The number of rotatable bonds is 4. The number of amides is 2. The monoisotopic (exact) mass is 261 g/mol. The lowest BCUT2D eigenvalue weighted by Gasteiger charge is -2.31. The fourth-order valence-electron chi connectivity index (χ4n) is 2.30. The van der Waals surface area contributed by atoms with Crippen LogP contribution in [0.1, 0.15) is 44.7 Å². The number of hydrogen-bond acceptors (Lipinski definition) is 2. The van der Waals surface area contributed by atoms with Crippen LogP contribution < -0.4 is 16.4 Å². The standard InChI is InChI=1S/C15H23N3O/c1-10(16)12-6-8-14(9-7-12)18-15(19)17-11(2)13-4-3-5-13/h6-11,13H,3-5,16H2,1-2H3,(H2,17,18,19). The zero-order valence-electron chi connectivity index (χ0n) is 11.6. The average Bonchev–Trinajstić information content (AvgIpc) is 2.26. The Morgan fingerprint density at radius 3 is 2.37 bits per heavy atom. The molecule has 4 heteroatoms. The van der Waals surface area contributed by atoms with Gasteiger partial charge in [-0.05, 0) is 50.3 Å². The number of anilines is 1. The van der Waals surface area contributed by atoms with Crippen LogP contribution in [-0.4, -0.2) is 12.1 Å². The summed E-state index contributed by atoms with van der Waals surface area (Å²) in [5, 5.41) is 5.84. The summed E-state index contributed by atoms with van der Waals surface area (Å²) >= 11 is 0. The Morgan fingerprint density at radius 1 is 1.26 bits per heavy atom. The molecular formula is C15H23N3O. The number of hydrogen-bond donors (Lipinski definition) is 3. The van der Waals surface area contributed by atoms with Gasteiger partial charge in [0.1, 0.15) is 0 Å². The highest BCUT2D eigenvalue weighted by Gasteiger charge is 2.24. The van der Waals surface area contributed by atoms with Crippen LogP contribution >= 0.6 is 0 Å². The van der Waals surface area contributed by atoms with Crippen molar-refractivity contribution in [1.29, 1.82) is 0 Å². The summed E-state index contributed by atoms with van der Waals surface area (Å²) in [6, 6.07) is 7.77. The summed E-state index contributed by atoms with van der Waals surface area (Å²) in [6.07, 6.45) is 3.74. The first kappa shape index (κ1) is 13.9. The summed E-state index contributed by atoms with van der Waals surface area (Å²) in [4.78, 5) is 11.8. The predicted molar refractivity (Wildman–Crippen MR) is 78.0 cm³/mol. The minimum Gasteiger partial charge on any atom is -0.335 e. The van der Waals surface area contributed by atoms with Crippen molar-refractivity contribution < 1.29 is 4.79 Å². The van der Waals surface area contributed by atoms with Crippen molar-refractivity contribution >= 4 is 11.7 Å². The maximum Gasteiger partial charge on any atom is 0.319 e. The predicted octanol–water partition coefficient (Wildman–Crippen LogP) is 3.02. The third-order valence-electron chi connectivity index (χ3n) is 3.91.